The molecule has 0 atom stereocenters. The topological polar surface area (TPSA) is 18.5 Å². The maximum atomic E-state index is 6.24. The first-order chi connectivity index (χ1) is 9.96. The van der Waals surface area contributed by atoms with Gasteiger partial charge in [0.05, 0.1) is 11.2 Å². The molecule has 0 radical (unpaired) electrons. The van der Waals surface area contributed by atoms with Gasteiger partial charge in [-0.25, -0.2) is 0 Å². The molecule has 0 bridgehead atoms. The van der Waals surface area contributed by atoms with E-state index < -0.39 is 0 Å². The number of benzene rings is 1. The van der Waals surface area contributed by atoms with Gasteiger partial charge in [-0.1, -0.05) is 51.1 Å². The van der Waals surface area contributed by atoms with Crippen LogP contribution in [-0.2, 0) is 9.31 Å². The molecule has 1 aliphatic heterocycles. The Bertz CT molecular complexity index is 549. The van der Waals surface area contributed by atoms with E-state index in [2.05, 4.69) is 79.7 Å². The predicted octanol–water partition coefficient (Wildman–Crippen LogP) is 5.14. The standard InChI is InChI=1S/C19H29BO2/c1-14(20-21-18(5,6)19(7,8)22-20)16(17(2,3)4)15-12-10-9-11-13-15/h9-13H,1-8H3/b16-14+. The first-order valence-electron chi connectivity index (χ1n) is 8.08. The van der Waals surface area contributed by atoms with Crippen molar-refractivity contribution in [2.75, 3.05) is 0 Å². The lowest BCUT2D eigenvalue weighted by Crippen LogP contribution is -2.41. The SMILES string of the molecule is C/C(B1OC(C)(C)C(C)(C)O1)=C(/c1ccccc1)C(C)(C)C. The number of allylic oxidation sites excluding steroid dienone is 2. The molecule has 0 aromatic heterocycles. The van der Waals surface area contributed by atoms with Crippen LogP contribution in [0.2, 0.25) is 0 Å². The zero-order chi connectivity index (χ0) is 16.8. The van der Waals surface area contributed by atoms with Gasteiger partial charge >= 0.3 is 7.12 Å². The van der Waals surface area contributed by atoms with E-state index in [0.29, 0.717) is 0 Å². The second-order valence-corrected chi connectivity index (χ2v) is 8.26. The van der Waals surface area contributed by atoms with Gasteiger partial charge in [-0.2, -0.15) is 0 Å². The second kappa shape index (κ2) is 5.54. The lowest BCUT2D eigenvalue weighted by atomic mass is 9.68. The molecule has 3 heteroatoms. The molecule has 0 aliphatic carbocycles. The molecule has 22 heavy (non-hydrogen) atoms. The second-order valence-electron chi connectivity index (χ2n) is 8.26. The Hall–Kier alpha value is -1.06. The molecule has 0 saturated carbocycles. The summed E-state index contributed by atoms with van der Waals surface area (Å²) in [6.45, 7) is 17.2. The summed E-state index contributed by atoms with van der Waals surface area (Å²) in [5, 5.41) is 0. The fourth-order valence-corrected chi connectivity index (χ4v) is 2.99. The van der Waals surface area contributed by atoms with Gasteiger partial charge in [-0.3, -0.25) is 0 Å². The average molecular weight is 300 g/mol. The smallest absolute Gasteiger partial charge is 0.400 e. The summed E-state index contributed by atoms with van der Waals surface area (Å²) in [6.07, 6.45) is 0. The van der Waals surface area contributed by atoms with Gasteiger partial charge in [0, 0.05) is 0 Å². The third-order valence-corrected chi connectivity index (χ3v) is 4.81. The van der Waals surface area contributed by atoms with E-state index in [1.165, 1.54) is 11.1 Å². The van der Waals surface area contributed by atoms with Crippen molar-refractivity contribution in [2.45, 2.75) is 66.6 Å². The first-order valence-corrected chi connectivity index (χ1v) is 8.08. The molecule has 1 heterocycles. The van der Waals surface area contributed by atoms with Crippen molar-refractivity contribution in [3.63, 3.8) is 0 Å². The predicted molar refractivity (Wildman–Crippen MR) is 94.6 cm³/mol. The van der Waals surface area contributed by atoms with Crippen molar-refractivity contribution in [1.82, 2.24) is 0 Å². The quantitative estimate of drug-likeness (QED) is 0.704. The maximum Gasteiger partial charge on any atom is 0.490 e. The summed E-state index contributed by atoms with van der Waals surface area (Å²) in [6, 6.07) is 10.5. The van der Waals surface area contributed by atoms with Crippen LogP contribution in [0.15, 0.2) is 35.8 Å². The minimum atomic E-state index is -0.307. The molecular weight excluding hydrogens is 271 g/mol. The summed E-state index contributed by atoms with van der Waals surface area (Å²) < 4.78 is 12.5. The number of hydrogen-bond acceptors (Lipinski definition) is 2. The van der Waals surface area contributed by atoms with Crippen LogP contribution in [0.5, 0.6) is 0 Å². The van der Waals surface area contributed by atoms with Gasteiger partial charge in [0.2, 0.25) is 0 Å². The van der Waals surface area contributed by atoms with Crippen molar-refractivity contribution >= 4 is 12.7 Å². The van der Waals surface area contributed by atoms with Crippen LogP contribution in [0, 0.1) is 5.41 Å². The van der Waals surface area contributed by atoms with E-state index in [0.717, 1.165) is 5.47 Å². The fourth-order valence-electron chi connectivity index (χ4n) is 2.99. The third kappa shape index (κ3) is 3.16. The fraction of sp³-hybridized carbons (Fsp3) is 0.579. The molecular formula is C19H29BO2. The Morgan fingerprint density at radius 1 is 0.909 bits per heavy atom. The van der Waals surface area contributed by atoms with Crippen molar-refractivity contribution < 1.29 is 9.31 Å². The molecule has 1 aliphatic rings. The highest BCUT2D eigenvalue weighted by atomic mass is 16.7. The van der Waals surface area contributed by atoms with Gasteiger partial charge in [0.1, 0.15) is 0 Å². The van der Waals surface area contributed by atoms with Crippen LogP contribution >= 0.6 is 0 Å². The molecule has 1 aromatic carbocycles. The average Bonchev–Trinajstić information content (AvgIpc) is 2.58. The van der Waals surface area contributed by atoms with Gasteiger partial charge in [-0.15, -0.1) is 0 Å². The summed E-state index contributed by atoms with van der Waals surface area (Å²) in [5.74, 6) is 0. The molecule has 0 amide bonds. The Morgan fingerprint density at radius 2 is 1.36 bits per heavy atom. The largest absolute Gasteiger partial charge is 0.490 e. The van der Waals surface area contributed by atoms with Crippen molar-refractivity contribution in [3.05, 3.63) is 41.4 Å². The van der Waals surface area contributed by atoms with Gasteiger partial charge in [-0.05, 0) is 56.6 Å². The van der Waals surface area contributed by atoms with Crippen LogP contribution in [0.3, 0.4) is 0 Å². The van der Waals surface area contributed by atoms with Crippen LogP contribution < -0.4 is 0 Å². The van der Waals surface area contributed by atoms with E-state index in [-0.39, 0.29) is 23.7 Å². The van der Waals surface area contributed by atoms with E-state index in [1.54, 1.807) is 0 Å². The minimum Gasteiger partial charge on any atom is -0.400 e. The summed E-state index contributed by atoms with van der Waals surface area (Å²) >= 11 is 0. The maximum absolute atomic E-state index is 6.24. The highest BCUT2D eigenvalue weighted by molar-refractivity contribution is 6.56. The van der Waals surface area contributed by atoms with E-state index >= 15 is 0 Å². The van der Waals surface area contributed by atoms with Crippen LogP contribution in [0.4, 0.5) is 0 Å². The van der Waals surface area contributed by atoms with E-state index in [9.17, 15) is 0 Å². The molecule has 1 aromatic rings. The lowest BCUT2D eigenvalue weighted by Gasteiger charge is -2.32. The van der Waals surface area contributed by atoms with E-state index in [4.69, 9.17) is 9.31 Å². The van der Waals surface area contributed by atoms with E-state index in [1.807, 2.05) is 6.07 Å². The van der Waals surface area contributed by atoms with Crippen molar-refractivity contribution in [1.29, 1.82) is 0 Å². The summed E-state index contributed by atoms with van der Waals surface area (Å²) in [7, 11) is -0.292. The first kappa shape index (κ1) is 17.3. The normalized spacial score (nSPS) is 21.7. The monoisotopic (exact) mass is 300 g/mol. The van der Waals surface area contributed by atoms with Gasteiger partial charge < -0.3 is 9.31 Å². The molecule has 2 rings (SSSR count). The van der Waals surface area contributed by atoms with Gasteiger partial charge in [0.25, 0.3) is 0 Å². The highest BCUT2D eigenvalue weighted by Crippen LogP contribution is 2.43. The van der Waals surface area contributed by atoms with Gasteiger partial charge in [0.15, 0.2) is 0 Å². The molecule has 0 spiro atoms. The zero-order valence-electron chi connectivity index (χ0n) is 15.3. The zero-order valence-corrected chi connectivity index (χ0v) is 15.3. The Morgan fingerprint density at radius 3 is 1.77 bits per heavy atom. The minimum absolute atomic E-state index is 0.0228. The molecule has 2 nitrogen and oxygen atoms in total. The summed E-state index contributed by atoms with van der Waals surface area (Å²) in [4.78, 5) is 0. The van der Waals surface area contributed by atoms with Crippen molar-refractivity contribution in [2.24, 2.45) is 5.41 Å². The van der Waals surface area contributed by atoms with Crippen LogP contribution in [0.1, 0.15) is 61.0 Å². The number of hydrogen-bond donors (Lipinski definition) is 0. The molecule has 0 N–H and O–H groups in total. The molecule has 0 unspecified atom stereocenters. The Balaban J connectivity index is 2.49. The Kier molecular flexibility index (Phi) is 4.36. The number of rotatable bonds is 2. The lowest BCUT2D eigenvalue weighted by molar-refractivity contribution is 0.00578. The Labute approximate surface area is 136 Å². The van der Waals surface area contributed by atoms with Crippen LogP contribution in [-0.4, -0.2) is 18.3 Å². The van der Waals surface area contributed by atoms with Crippen molar-refractivity contribution in [3.8, 4) is 0 Å². The molecule has 1 saturated heterocycles. The summed E-state index contributed by atoms with van der Waals surface area (Å²) in [5.41, 5.74) is 3.11. The third-order valence-electron chi connectivity index (χ3n) is 4.81. The van der Waals surface area contributed by atoms with Crippen LogP contribution in [0.25, 0.3) is 5.57 Å². The molecule has 1 fully saturated rings. The molecule has 120 valence electrons. The highest BCUT2D eigenvalue weighted by Gasteiger charge is 2.52.